The number of aromatic nitrogens is 1. The highest BCUT2D eigenvalue weighted by molar-refractivity contribution is 6.33. The molecule has 0 spiro atoms. The van der Waals surface area contributed by atoms with Crippen LogP contribution in [0.2, 0.25) is 5.02 Å². The minimum absolute atomic E-state index is 0.00291. The van der Waals surface area contributed by atoms with E-state index in [0.29, 0.717) is 16.3 Å². The number of nitriles is 1. The summed E-state index contributed by atoms with van der Waals surface area (Å²) in [6.45, 7) is 3.42. The molecule has 1 atom stereocenters. The molecule has 4 nitrogen and oxygen atoms in total. The highest BCUT2D eigenvalue weighted by atomic mass is 35.5. The first-order valence-electron chi connectivity index (χ1n) is 5.12. The maximum Gasteiger partial charge on any atom is 0.171 e. The lowest BCUT2D eigenvalue weighted by atomic mass is 10.1. The molecule has 1 N–H and O–H groups in total. The Morgan fingerprint density at radius 1 is 1.50 bits per heavy atom. The molecule has 0 aliphatic carbocycles. The third-order valence-electron chi connectivity index (χ3n) is 2.42. The molecule has 1 unspecified atom stereocenters. The molecule has 0 aliphatic rings. The standard InChI is InChI=1S/C13H9ClN2O2/c1-8(7-15)13(17)12-6-11(16-18-12)9-4-2-3-5-10(9)14/h2-6,13,17H,1H2. The molecule has 0 radical (unpaired) electrons. The smallest absolute Gasteiger partial charge is 0.171 e. The summed E-state index contributed by atoms with van der Waals surface area (Å²) in [5.41, 5.74) is 1.20. The fourth-order valence-electron chi connectivity index (χ4n) is 1.45. The molecule has 0 saturated carbocycles. The van der Waals surface area contributed by atoms with Crippen LogP contribution in [-0.2, 0) is 0 Å². The lowest BCUT2D eigenvalue weighted by molar-refractivity contribution is 0.177. The number of nitrogens with zero attached hydrogens (tertiary/aromatic N) is 2. The van der Waals surface area contributed by atoms with E-state index < -0.39 is 6.10 Å². The maximum absolute atomic E-state index is 9.73. The van der Waals surface area contributed by atoms with E-state index >= 15 is 0 Å². The molecular formula is C13H9ClN2O2. The zero-order valence-electron chi connectivity index (χ0n) is 9.30. The molecule has 2 aromatic rings. The van der Waals surface area contributed by atoms with Crippen LogP contribution < -0.4 is 0 Å². The third kappa shape index (κ3) is 2.28. The summed E-state index contributed by atoms with van der Waals surface area (Å²) >= 11 is 6.02. The van der Waals surface area contributed by atoms with Crippen molar-refractivity contribution in [2.75, 3.05) is 0 Å². The molecule has 1 aromatic carbocycles. The predicted octanol–water partition coefficient (Wildman–Crippen LogP) is 3.11. The van der Waals surface area contributed by atoms with Crippen molar-refractivity contribution in [2.24, 2.45) is 0 Å². The van der Waals surface area contributed by atoms with Gasteiger partial charge in [-0.3, -0.25) is 0 Å². The number of hydrogen-bond donors (Lipinski definition) is 1. The SMILES string of the molecule is C=C(C#N)C(O)c1cc(-c2ccccc2Cl)no1. The van der Waals surface area contributed by atoms with Gasteiger partial charge in [-0.15, -0.1) is 0 Å². The van der Waals surface area contributed by atoms with Gasteiger partial charge in [-0.1, -0.05) is 41.5 Å². The highest BCUT2D eigenvalue weighted by Gasteiger charge is 2.18. The van der Waals surface area contributed by atoms with E-state index in [4.69, 9.17) is 21.4 Å². The van der Waals surface area contributed by atoms with Crippen molar-refractivity contribution in [3.63, 3.8) is 0 Å². The number of halogens is 1. The van der Waals surface area contributed by atoms with Gasteiger partial charge in [0.15, 0.2) is 5.76 Å². The molecule has 18 heavy (non-hydrogen) atoms. The van der Waals surface area contributed by atoms with E-state index in [9.17, 15) is 5.11 Å². The Labute approximate surface area is 109 Å². The van der Waals surface area contributed by atoms with Gasteiger partial charge in [-0.2, -0.15) is 5.26 Å². The van der Waals surface area contributed by atoms with Gasteiger partial charge in [-0.25, -0.2) is 0 Å². The number of rotatable bonds is 3. The summed E-state index contributed by atoms with van der Waals surface area (Å²) in [6, 6.07) is 10.4. The summed E-state index contributed by atoms with van der Waals surface area (Å²) in [7, 11) is 0. The second-order valence-corrected chi connectivity index (χ2v) is 4.04. The fraction of sp³-hybridized carbons (Fsp3) is 0.0769. The first-order valence-corrected chi connectivity index (χ1v) is 5.49. The molecule has 0 aliphatic heterocycles. The molecule has 0 fully saturated rings. The molecule has 5 heteroatoms. The number of aliphatic hydroxyl groups excluding tert-OH is 1. The number of aliphatic hydroxyl groups is 1. The predicted molar refractivity (Wildman–Crippen MR) is 66.7 cm³/mol. The van der Waals surface area contributed by atoms with Crippen molar-refractivity contribution in [1.82, 2.24) is 5.16 Å². The van der Waals surface area contributed by atoms with Gasteiger partial charge in [0.05, 0.1) is 16.7 Å². The monoisotopic (exact) mass is 260 g/mol. The molecule has 1 heterocycles. The van der Waals surface area contributed by atoms with Gasteiger partial charge in [0.1, 0.15) is 11.8 Å². The summed E-state index contributed by atoms with van der Waals surface area (Å²) in [6.07, 6.45) is -1.18. The van der Waals surface area contributed by atoms with Crippen LogP contribution >= 0.6 is 11.6 Å². The van der Waals surface area contributed by atoms with E-state index in [1.54, 1.807) is 24.3 Å². The van der Waals surface area contributed by atoms with Gasteiger partial charge >= 0.3 is 0 Å². The van der Waals surface area contributed by atoms with Crippen LogP contribution in [0, 0.1) is 11.3 Å². The van der Waals surface area contributed by atoms with Gasteiger partial charge in [0, 0.05) is 11.6 Å². The van der Waals surface area contributed by atoms with Gasteiger partial charge < -0.3 is 9.63 Å². The summed E-state index contributed by atoms with van der Waals surface area (Å²) in [4.78, 5) is 0. The van der Waals surface area contributed by atoms with Gasteiger partial charge in [0.2, 0.25) is 0 Å². The second kappa shape index (κ2) is 5.05. The lowest BCUT2D eigenvalue weighted by Crippen LogP contribution is -1.96. The Morgan fingerprint density at radius 2 is 2.22 bits per heavy atom. The highest BCUT2D eigenvalue weighted by Crippen LogP contribution is 2.29. The number of hydrogen-bond acceptors (Lipinski definition) is 4. The number of benzene rings is 1. The molecule has 0 amide bonds. The van der Waals surface area contributed by atoms with Crippen molar-refractivity contribution in [3.05, 3.63) is 53.3 Å². The van der Waals surface area contributed by atoms with Crippen molar-refractivity contribution < 1.29 is 9.63 Å². The van der Waals surface area contributed by atoms with Gasteiger partial charge in [0.25, 0.3) is 0 Å². The first kappa shape index (κ1) is 12.4. The van der Waals surface area contributed by atoms with E-state index in [-0.39, 0.29) is 11.3 Å². The Hall–Kier alpha value is -2.09. The molecule has 2 rings (SSSR count). The zero-order valence-corrected chi connectivity index (χ0v) is 10.1. The molecular weight excluding hydrogens is 252 g/mol. The molecule has 90 valence electrons. The minimum atomic E-state index is -1.18. The van der Waals surface area contributed by atoms with Crippen LogP contribution in [0.3, 0.4) is 0 Å². The topological polar surface area (TPSA) is 70.0 Å². The Kier molecular flexibility index (Phi) is 3.47. The van der Waals surface area contributed by atoms with E-state index in [1.165, 1.54) is 6.07 Å². The quantitative estimate of drug-likeness (QED) is 0.861. The van der Waals surface area contributed by atoms with Crippen LogP contribution in [0.15, 0.2) is 47.0 Å². The van der Waals surface area contributed by atoms with Crippen LogP contribution in [0.1, 0.15) is 11.9 Å². The van der Waals surface area contributed by atoms with Crippen LogP contribution in [0.25, 0.3) is 11.3 Å². The Bertz CT molecular complexity index is 628. The lowest BCUT2D eigenvalue weighted by Gasteiger charge is -2.01. The Morgan fingerprint density at radius 3 is 2.89 bits per heavy atom. The summed E-state index contributed by atoms with van der Waals surface area (Å²) in [5, 5.41) is 22.7. The van der Waals surface area contributed by atoms with Crippen molar-refractivity contribution in [1.29, 1.82) is 5.26 Å². The maximum atomic E-state index is 9.73. The molecule has 0 saturated heterocycles. The first-order chi connectivity index (χ1) is 8.63. The third-order valence-corrected chi connectivity index (χ3v) is 2.75. The average molecular weight is 261 g/mol. The second-order valence-electron chi connectivity index (χ2n) is 3.63. The van der Waals surface area contributed by atoms with Crippen LogP contribution in [0.5, 0.6) is 0 Å². The zero-order chi connectivity index (χ0) is 13.1. The average Bonchev–Trinajstić information content (AvgIpc) is 2.87. The van der Waals surface area contributed by atoms with Gasteiger partial charge in [-0.05, 0) is 6.07 Å². The minimum Gasteiger partial charge on any atom is -0.380 e. The summed E-state index contributed by atoms with van der Waals surface area (Å²) in [5.74, 6) is 0.163. The Balaban J connectivity index is 2.35. The molecule has 0 bridgehead atoms. The van der Waals surface area contributed by atoms with E-state index in [1.807, 2.05) is 6.07 Å². The molecule has 1 aromatic heterocycles. The largest absolute Gasteiger partial charge is 0.380 e. The van der Waals surface area contributed by atoms with Crippen molar-refractivity contribution >= 4 is 11.6 Å². The van der Waals surface area contributed by atoms with Crippen LogP contribution in [0.4, 0.5) is 0 Å². The normalized spacial score (nSPS) is 11.8. The summed E-state index contributed by atoms with van der Waals surface area (Å²) < 4.78 is 4.99. The van der Waals surface area contributed by atoms with E-state index in [2.05, 4.69) is 11.7 Å². The van der Waals surface area contributed by atoms with Crippen molar-refractivity contribution in [3.8, 4) is 17.3 Å². The fourth-order valence-corrected chi connectivity index (χ4v) is 1.68. The van der Waals surface area contributed by atoms with E-state index in [0.717, 1.165) is 0 Å². The van der Waals surface area contributed by atoms with Crippen molar-refractivity contribution in [2.45, 2.75) is 6.10 Å². The van der Waals surface area contributed by atoms with Crippen LogP contribution in [-0.4, -0.2) is 10.3 Å².